The van der Waals surface area contributed by atoms with Crippen LogP contribution in [0.3, 0.4) is 0 Å². The normalized spacial score (nSPS) is 10.6. The summed E-state index contributed by atoms with van der Waals surface area (Å²) in [7, 11) is 0. The maximum atomic E-state index is 12.3. The summed E-state index contributed by atoms with van der Waals surface area (Å²) in [5, 5.41) is 13.1. The van der Waals surface area contributed by atoms with Crippen LogP contribution in [0.25, 0.3) is 10.8 Å². The van der Waals surface area contributed by atoms with Gasteiger partial charge in [0.1, 0.15) is 11.3 Å². The molecule has 120 valence electrons. The maximum Gasteiger partial charge on any atom is 0.350 e. The lowest BCUT2D eigenvalue weighted by Gasteiger charge is -2.07. The van der Waals surface area contributed by atoms with E-state index in [0.717, 1.165) is 15.2 Å². The van der Waals surface area contributed by atoms with Crippen molar-refractivity contribution in [3.8, 4) is 5.75 Å². The summed E-state index contributed by atoms with van der Waals surface area (Å²) in [6.45, 7) is 1.59. The molecule has 0 heterocycles. The number of carbonyl (C=O) groups excluding carboxylic acids is 1. The molecular weight excluding hydrogens is 374 g/mol. The molecule has 0 bridgehead atoms. The van der Waals surface area contributed by atoms with E-state index in [4.69, 9.17) is 4.74 Å². The molecule has 0 atom stereocenters. The first kappa shape index (κ1) is 16.1. The molecule has 0 aliphatic rings. The van der Waals surface area contributed by atoms with Crippen LogP contribution in [0.1, 0.15) is 15.9 Å². The van der Waals surface area contributed by atoms with Gasteiger partial charge in [0.05, 0.1) is 4.92 Å². The van der Waals surface area contributed by atoms with E-state index in [9.17, 15) is 14.9 Å². The van der Waals surface area contributed by atoms with Gasteiger partial charge in [-0.3, -0.25) is 10.1 Å². The number of ether oxygens (including phenoxy) is 1. The highest BCUT2D eigenvalue weighted by Gasteiger charge is 2.24. The van der Waals surface area contributed by atoms with Gasteiger partial charge in [0.15, 0.2) is 0 Å². The third-order valence-corrected chi connectivity index (χ3v) is 4.12. The smallest absolute Gasteiger partial charge is 0.350 e. The van der Waals surface area contributed by atoms with E-state index in [1.54, 1.807) is 31.2 Å². The van der Waals surface area contributed by atoms with Gasteiger partial charge in [0, 0.05) is 10.0 Å². The number of nitro groups is 1. The molecule has 0 aliphatic carbocycles. The number of esters is 1. The molecular formula is C18H12BrNO4. The fourth-order valence-electron chi connectivity index (χ4n) is 2.49. The van der Waals surface area contributed by atoms with Gasteiger partial charge >= 0.3 is 5.97 Å². The minimum absolute atomic E-state index is 0.0593. The highest BCUT2D eigenvalue weighted by molar-refractivity contribution is 9.10. The highest BCUT2D eigenvalue weighted by atomic mass is 79.9. The number of nitro benzene ring substituents is 1. The molecule has 3 aromatic rings. The Morgan fingerprint density at radius 1 is 1.08 bits per heavy atom. The van der Waals surface area contributed by atoms with Crippen LogP contribution in [0.2, 0.25) is 0 Å². The van der Waals surface area contributed by atoms with Crippen molar-refractivity contribution in [2.24, 2.45) is 0 Å². The number of hydrogen-bond donors (Lipinski definition) is 0. The lowest BCUT2D eigenvalue weighted by atomic mass is 10.1. The van der Waals surface area contributed by atoms with Gasteiger partial charge in [-0.25, -0.2) is 4.79 Å². The largest absolute Gasteiger partial charge is 0.423 e. The van der Waals surface area contributed by atoms with E-state index in [0.29, 0.717) is 11.3 Å². The first-order valence-corrected chi connectivity index (χ1v) is 7.90. The average Bonchev–Trinajstić information content (AvgIpc) is 2.54. The fourth-order valence-corrected chi connectivity index (χ4v) is 2.86. The first-order chi connectivity index (χ1) is 11.5. The maximum absolute atomic E-state index is 12.3. The van der Waals surface area contributed by atoms with Crippen LogP contribution in [0.15, 0.2) is 59.1 Å². The monoisotopic (exact) mass is 385 g/mol. The summed E-state index contributed by atoms with van der Waals surface area (Å²) in [6.07, 6.45) is 0. The summed E-state index contributed by atoms with van der Waals surface area (Å²) >= 11 is 3.40. The Balaban J connectivity index is 1.94. The quantitative estimate of drug-likeness (QED) is 0.274. The zero-order valence-corrected chi connectivity index (χ0v) is 14.2. The number of halogens is 1. The van der Waals surface area contributed by atoms with E-state index in [-0.39, 0.29) is 11.3 Å². The van der Waals surface area contributed by atoms with Gasteiger partial charge in [0.25, 0.3) is 5.69 Å². The minimum atomic E-state index is -0.748. The van der Waals surface area contributed by atoms with Crippen LogP contribution in [-0.4, -0.2) is 10.9 Å². The average molecular weight is 386 g/mol. The van der Waals surface area contributed by atoms with E-state index in [1.165, 1.54) is 6.07 Å². The summed E-state index contributed by atoms with van der Waals surface area (Å²) in [5.41, 5.74) is 0.126. The molecule has 6 heteroatoms. The van der Waals surface area contributed by atoms with Crippen molar-refractivity contribution in [1.29, 1.82) is 0 Å². The second kappa shape index (κ2) is 6.41. The van der Waals surface area contributed by atoms with Gasteiger partial charge in [-0.2, -0.15) is 0 Å². The van der Waals surface area contributed by atoms with Crippen LogP contribution in [0, 0.1) is 17.0 Å². The molecule has 0 saturated heterocycles. The molecule has 3 aromatic carbocycles. The molecule has 0 unspecified atom stereocenters. The molecule has 0 fully saturated rings. The lowest BCUT2D eigenvalue weighted by Crippen LogP contribution is -2.11. The summed E-state index contributed by atoms with van der Waals surface area (Å²) in [6, 6.07) is 15.5. The number of aryl methyl sites for hydroxylation is 1. The number of benzene rings is 3. The number of nitrogens with zero attached hydrogens (tertiary/aromatic N) is 1. The van der Waals surface area contributed by atoms with Gasteiger partial charge in [-0.15, -0.1) is 0 Å². The highest BCUT2D eigenvalue weighted by Crippen LogP contribution is 2.27. The van der Waals surface area contributed by atoms with Crippen molar-refractivity contribution in [1.82, 2.24) is 0 Å². The van der Waals surface area contributed by atoms with E-state index in [2.05, 4.69) is 15.9 Å². The third kappa shape index (κ3) is 3.14. The van der Waals surface area contributed by atoms with Crippen LogP contribution in [-0.2, 0) is 0 Å². The van der Waals surface area contributed by atoms with Crippen molar-refractivity contribution < 1.29 is 14.5 Å². The Morgan fingerprint density at radius 2 is 1.79 bits per heavy atom. The van der Waals surface area contributed by atoms with Crippen LogP contribution in [0.4, 0.5) is 5.69 Å². The van der Waals surface area contributed by atoms with E-state index in [1.807, 2.05) is 24.3 Å². The summed E-state index contributed by atoms with van der Waals surface area (Å²) in [5.74, 6) is -0.410. The molecule has 0 spiro atoms. The molecule has 24 heavy (non-hydrogen) atoms. The van der Waals surface area contributed by atoms with Crippen molar-refractivity contribution in [2.75, 3.05) is 0 Å². The zero-order valence-electron chi connectivity index (χ0n) is 12.7. The Morgan fingerprint density at radius 3 is 2.54 bits per heavy atom. The van der Waals surface area contributed by atoms with Gasteiger partial charge < -0.3 is 4.74 Å². The second-order valence-corrected chi connectivity index (χ2v) is 6.19. The molecule has 0 amide bonds. The predicted molar refractivity (Wildman–Crippen MR) is 94.4 cm³/mol. The number of para-hydroxylation sites is 1. The Labute approximate surface area is 146 Å². The Hall–Kier alpha value is -2.73. The SMILES string of the molecule is Cc1cccc(C(=O)Oc2ccc3cc(Br)ccc3c2)c1[N+](=O)[O-]. The molecule has 5 nitrogen and oxygen atoms in total. The summed E-state index contributed by atoms with van der Waals surface area (Å²) < 4.78 is 6.28. The fraction of sp³-hybridized carbons (Fsp3) is 0.0556. The van der Waals surface area contributed by atoms with Crippen LogP contribution < -0.4 is 4.74 Å². The number of fused-ring (bicyclic) bond motifs is 1. The summed E-state index contributed by atoms with van der Waals surface area (Å²) in [4.78, 5) is 23.0. The predicted octanol–water partition coefficient (Wildman–Crippen LogP) is 5.04. The lowest BCUT2D eigenvalue weighted by molar-refractivity contribution is -0.385. The first-order valence-electron chi connectivity index (χ1n) is 7.11. The standard InChI is InChI=1S/C18H12BrNO4/c1-11-3-2-4-16(17(11)20(22)23)18(21)24-15-8-6-12-9-14(19)7-5-13(12)10-15/h2-10H,1H3. The van der Waals surface area contributed by atoms with Crippen molar-refractivity contribution >= 4 is 38.4 Å². The number of carbonyl (C=O) groups is 1. The molecule has 0 N–H and O–H groups in total. The Bertz CT molecular complexity index is 968. The van der Waals surface area contributed by atoms with E-state index >= 15 is 0 Å². The molecule has 0 aliphatic heterocycles. The minimum Gasteiger partial charge on any atom is -0.423 e. The van der Waals surface area contributed by atoms with Crippen molar-refractivity contribution in [3.05, 3.63) is 80.3 Å². The van der Waals surface area contributed by atoms with Crippen LogP contribution in [0.5, 0.6) is 5.75 Å². The molecule has 0 aromatic heterocycles. The number of hydrogen-bond acceptors (Lipinski definition) is 4. The van der Waals surface area contributed by atoms with Gasteiger partial charge in [0.2, 0.25) is 0 Å². The second-order valence-electron chi connectivity index (χ2n) is 5.27. The Kier molecular flexibility index (Phi) is 4.31. The topological polar surface area (TPSA) is 69.4 Å². The van der Waals surface area contributed by atoms with E-state index < -0.39 is 10.9 Å². The van der Waals surface area contributed by atoms with Gasteiger partial charge in [-0.05, 0) is 48.0 Å². The third-order valence-electron chi connectivity index (χ3n) is 3.62. The van der Waals surface area contributed by atoms with Gasteiger partial charge in [-0.1, -0.05) is 40.2 Å². The molecule has 0 radical (unpaired) electrons. The van der Waals surface area contributed by atoms with Crippen LogP contribution >= 0.6 is 15.9 Å². The zero-order chi connectivity index (χ0) is 17.3. The number of rotatable bonds is 3. The molecule has 3 rings (SSSR count). The van der Waals surface area contributed by atoms with Crippen molar-refractivity contribution in [2.45, 2.75) is 6.92 Å². The molecule has 0 saturated carbocycles. The van der Waals surface area contributed by atoms with Crippen molar-refractivity contribution in [3.63, 3.8) is 0 Å².